The second-order valence-corrected chi connectivity index (χ2v) is 7.66. The third-order valence-electron chi connectivity index (χ3n) is 5.00. The van der Waals surface area contributed by atoms with Crippen LogP contribution >= 0.6 is 11.3 Å². The lowest BCUT2D eigenvalue weighted by Crippen LogP contribution is -2.37. The number of thiazole rings is 1. The van der Waals surface area contributed by atoms with Gasteiger partial charge in [0.15, 0.2) is 0 Å². The molecule has 1 saturated carbocycles. The Morgan fingerprint density at radius 1 is 1.45 bits per heavy atom. The molecular weight excluding hydrogens is 294 g/mol. The Kier molecular flexibility index (Phi) is 5.47. The van der Waals surface area contributed by atoms with Gasteiger partial charge in [-0.15, -0.1) is 11.3 Å². The van der Waals surface area contributed by atoms with Crippen LogP contribution in [0.4, 0.5) is 0 Å². The molecule has 0 spiro atoms. The fourth-order valence-electron chi connectivity index (χ4n) is 3.36. The van der Waals surface area contributed by atoms with E-state index in [4.69, 9.17) is 0 Å². The van der Waals surface area contributed by atoms with Gasteiger partial charge < -0.3 is 10.2 Å². The van der Waals surface area contributed by atoms with Crippen molar-refractivity contribution in [2.75, 3.05) is 13.1 Å². The fraction of sp³-hybridized carbons (Fsp3) is 0.765. The molecule has 1 aliphatic carbocycles. The van der Waals surface area contributed by atoms with Crippen LogP contribution in [0.1, 0.15) is 67.7 Å². The minimum Gasteiger partial charge on any atom is -0.340 e. The zero-order chi connectivity index (χ0) is 15.4. The number of rotatable bonds is 8. The Bertz CT molecular complexity index is 498. The largest absolute Gasteiger partial charge is 0.340 e. The van der Waals surface area contributed by atoms with Crippen molar-refractivity contribution >= 4 is 17.2 Å². The molecule has 1 aliphatic heterocycles. The SMILES string of the molecule is CCC(CCNCc1cnc(C2CCC2)s1)N1CCCC1=O. The predicted molar refractivity (Wildman–Crippen MR) is 90.1 cm³/mol. The molecule has 1 amide bonds. The van der Waals surface area contributed by atoms with Crippen molar-refractivity contribution in [1.82, 2.24) is 15.2 Å². The van der Waals surface area contributed by atoms with Crippen molar-refractivity contribution in [3.63, 3.8) is 0 Å². The Morgan fingerprint density at radius 3 is 2.95 bits per heavy atom. The Balaban J connectivity index is 1.38. The molecule has 0 bridgehead atoms. The first-order valence-corrected chi connectivity index (χ1v) is 9.54. The molecule has 3 rings (SSSR count). The first-order valence-electron chi connectivity index (χ1n) is 8.72. The number of likely N-dealkylation sites (tertiary alicyclic amines) is 1. The van der Waals surface area contributed by atoms with Crippen LogP contribution in [0.25, 0.3) is 0 Å². The van der Waals surface area contributed by atoms with Crippen LogP contribution in [0, 0.1) is 0 Å². The topological polar surface area (TPSA) is 45.2 Å². The van der Waals surface area contributed by atoms with E-state index in [2.05, 4.69) is 22.1 Å². The predicted octanol–water partition coefficient (Wildman–Crippen LogP) is 3.29. The van der Waals surface area contributed by atoms with Gasteiger partial charge in [-0.05, 0) is 38.6 Å². The zero-order valence-electron chi connectivity index (χ0n) is 13.5. The minimum atomic E-state index is 0.347. The summed E-state index contributed by atoms with van der Waals surface area (Å²) in [6, 6.07) is 0.412. The van der Waals surface area contributed by atoms with Gasteiger partial charge in [0, 0.05) is 42.5 Å². The molecule has 5 heteroatoms. The molecule has 1 unspecified atom stereocenters. The van der Waals surface area contributed by atoms with Gasteiger partial charge in [0.2, 0.25) is 5.91 Å². The van der Waals surface area contributed by atoms with Gasteiger partial charge in [-0.25, -0.2) is 4.98 Å². The first kappa shape index (κ1) is 15.9. The van der Waals surface area contributed by atoms with E-state index in [1.54, 1.807) is 0 Å². The summed E-state index contributed by atoms with van der Waals surface area (Å²) in [5, 5.41) is 4.86. The molecular formula is C17H27N3OS. The van der Waals surface area contributed by atoms with E-state index >= 15 is 0 Å². The van der Waals surface area contributed by atoms with Crippen LogP contribution in [0.15, 0.2) is 6.20 Å². The quantitative estimate of drug-likeness (QED) is 0.747. The Labute approximate surface area is 137 Å². The molecule has 4 nitrogen and oxygen atoms in total. The van der Waals surface area contributed by atoms with E-state index in [0.717, 1.165) is 51.2 Å². The van der Waals surface area contributed by atoms with Gasteiger partial charge in [-0.3, -0.25) is 4.79 Å². The van der Waals surface area contributed by atoms with Gasteiger partial charge in [0.25, 0.3) is 0 Å². The lowest BCUT2D eigenvalue weighted by molar-refractivity contribution is -0.129. The number of aromatic nitrogens is 1. The number of hydrogen-bond acceptors (Lipinski definition) is 4. The van der Waals surface area contributed by atoms with E-state index in [1.165, 1.54) is 29.1 Å². The van der Waals surface area contributed by atoms with E-state index in [9.17, 15) is 4.79 Å². The number of carbonyl (C=O) groups excluding carboxylic acids is 1. The molecule has 122 valence electrons. The van der Waals surface area contributed by atoms with Crippen LogP contribution in [0.2, 0.25) is 0 Å². The second-order valence-electron chi connectivity index (χ2n) is 6.51. The van der Waals surface area contributed by atoms with E-state index in [0.29, 0.717) is 11.9 Å². The normalized spacial score (nSPS) is 20.4. The van der Waals surface area contributed by atoms with Gasteiger partial charge in [0.05, 0.1) is 5.01 Å². The minimum absolute atomic E-state index is 0.347. The van der Waals surface area contributed by atoms with Crippen LogP contribution in [-0.2, 0) is 11.3 Å². The average Bonchev–Trinajstić information content (AvgIpc) is 3.07. The van der Waals surface area contributed by atoms with Gasteiger partial charge in [0.1, 0.15) is 0 Å². The maximum Gasteiger partial charge on any atom is 0.222 e. The third-order valence-corrected chi connectivity index (χ3v) is 6.16. The summed E-state index contributed by atoms with van der Waals surface area (Å²) in [5.74, 6) is 1.09. The smallest absolute Gasteiger partial charge is 0.222 e. The summed E-state index contributed by atoms with van der Waals surface area (Å²) in [6.45, 7) is 5.02. The molecule has 1 aromatic rings. The van der Waals surface area contributed by atoms with E-state index < -0.39 is 0 Å². The molecule has 1 aromatic heterocycles. The summed E-state index contributed by atoms with van der Waals surface area (Å²) in [6.07, 6.45) is 9.93. The molecule has 1 N–H and O–H groups in total. The summed E-state index contributed by atoms with van der Waals surface area (Å²) in [5.41, 5.74) is 0. The molecule has 2 heterocycles. The third kappa shape index (κ3) is 3.69. The monoisotopic (exact) mass is 321 g/mol. The van der Waals surface area contributed by atoms with Crippen LogP contribution < -0.4 is 5.32 Å². The number of amides is 1. The molecule has 2 fully saturated rings. The van der Waals surface area contributed by atoms with Crippen LogP contribution in [0.3, 0.4) is 0 Å². The molecule has 22 heavy (non-hydrogen) atoms. The number of nitrogens with zero attached hydrogens (tertiary/aromatic N) is 2. The molecule has 1 saturated heterocycles. The maximum absolute atomic E-state index is 11.8. The molecule has 2 aliphatic rings. The Hall–Kier alpha value is -0.940. The van der Waals surface area contributed by atoms with Crippen molar-refractivity contribution < 1.29 is 4.79 Å². The van der Waals surface area contributed by atoms with Gasteiger partial charge in [-0.2, -0.15) is 0 Å². The number of hydrogen-bond donors (Lipinski definition) is 1. The van der Waals surface area contributed by atoms with Gasteiger partial charge in [-0.1, -0.05) is 13.3 Å². The highest BCUT2D eigenvalue weighted by molar-refractivity contribution is 7.11. The van der Waals surface area contributed by atoms with Crippen molar-refractivity contribution in [3.05, 3.63) is 16.1 Å². The van der Waals surface area contributed by atoms with Crippen LogP contribution in [0.5, 0.6) is 0 Å². The highest BCUT2D eigenvalue weighted by Crippen LogP contribution is 2.38. The van der Waals surface area contributed by atoms with Crippen molar-refractivity contribution in [2.24, 2.45) is 0 Å². The van der Waals surface area contributed by atoms with Gasteiger partial charge >= 0.3 is 0 Å². The lowest BCUT2D eigenvalue weighted by atomic mass is 9.86. The Morgan fingerprint density at radius 2 is 2.32 bits per heavy atom. The summed E-state index contributed by atoms with van der Waals surface area (Å²) >= 11 is 1.87. The van der Waals surface area contributed by atoms with Crippen molar-refractivity contribution in [1.29, 1.82) is 0 Å². The molecule has 0 radical (unpaired) electrons. The summed E-state index contributed by atoms with van der Waals surface area (Å²) in [7, 11) is 0. The number of carbonyl (C=O) groups is 1. The first-order chi connectivity index (χ1) is 10.8. The van der Waals surface area contributed by atoms with E-state index in [1.807, 2.05) is 17.5 Å². The lowest BCUT2D eigenvalue weighted by Gasteiger charge is -2.26. The molecule has 1 atom stereocenters. The summed E-state index contributed by atoms with van der Waals surface area (Å²) < 4.78 is 0. The van der Waals surface area contributed by atoms with Crippen molar-refractivity contribution in [2.45, 2.75) is 70.4 Å². The van der Waals surface area contributed by atoms with Crippen molar-refractivity contribution in [3.8, 4) is 0 Å². The van der Waals surface area contributed by atoms with E-state index in [-0.39, 0.29) is 0 Å². The zero-order valence-corrected chi connectivity index (χ0v) is 14.3. The summed E-state index contributed by atoms with van der Waals surface area (Å²) in [4.78, 5) is 19.8. The standard InChI is InChI=1S/C17H27N3OS/c1-2-14(20-10-4-7-16(20)21)8-9-18-11-15-12-19-17(22-15)13-5-3-6-13/h12-14,18H,2-11H2,1H3. The average molecular weight is 321 g/mol. The molecule has 0 aromatic carbocycles. The number of nitrogens with one attached hydrogen (secondary N) is 1. The second kappa shape index (κ2) is 7.55. The fourth-order valence-corrected chi connectivity index (χ4v) is 4.42. The van der Waals surface area contributed by atoms with Crippen LogP contribution in [-0.4, -0.2) is 34.9 Å². The highest BCUT2D eigenvalue weighted by Gasteiger charge is 2.26. The highest BCUT2D eigenvalue weighted by atomic mass is 32.1. The maximum atomic E-state index is 11.8.